The van der Waals surface area contributed by atoms with Crippen molar-refractivity contribution in [3.63, 3.8) is 0 Å². The fourth-order valence-corrected chi connectivity index (χ4v) is 3.54. The van der Waals surface area contributed by atoms with Gasteiger partial charge in [0.25, 0.3) is 0 Å². The number of halogens is 1. The van der Waals surface area contributed by atoms with E-state index in [9.17, 15) is 8.42 Å². The summed E-state index contributed by atoms with van der Waals surface area (Å²) in [5.74, 6) is 0. The zero-order valence-corrected chi connectivity index (χ0v) is 11.3. The lowest BCUT2D eigenvalue weighted by Crippen LogP contribution is -2.24. The van der Waals surface area contributed by atoms with Gasteiger partial charge < -0.3 is 5.32 Å². The number of sulfone groups is 1. The van der Waals surface area contributed by atoms with Crippen LogP contribution in [0.1, 0.15) is 18.4 Å². The number of hydrogen-bond acceptors (Lipinski definition) is 3. The van der Waals surface area contributed by atoms with Gasteiger partial charge in [0.2, 0.25) is 0 Å². The molecule has 0 saturated carbocycles. The summed E-state index contributed by atoms with van der Waals surface area (Å²) in [6, 6.07) is 5.41. The minimum atomic E-state index is -3.21. The molecule has 1 unspecified atom stereocenters. The molecule has 1 aromatic carbocycles. The molecular formula is C12H16ClNO2S. The molecule has 94 valence electrons. The van der Waals surface area contributed by atoms with Crippen molar-refractivity contribution in [1.82, 2.24) is 5.32 Å². The first kappa shape index (κ1) is 12.9. The van der Waals surface area contributed by atoms with Crippen molar-refractivity contribution >= 4 is 21.4 Å². The minimum Gasteiger partial charge on any atom is -0.314 e. The zero-order chi connectivity index (χ0) is 12.5. The molecule has 17 heavy (non-hydrogen) atoms. The molecule has 0 aromatic heterocycles. The Labute approximate surface area is 107 Å². The molecule has 0 radical (unpaired) electrons. The lowest BCUT2D eigenvalue weighted by molar-refractivity contribution is 0.586. The van der Waals surface area contributed by atoms with E-state index in [0.717, 1.165) is 24.9 Å². The molecule has 1 heterocycles. The first-order valence-corrected chi connectivity index (χ1v) is 7.96. The van der Waals surface area contributed by atoms with Gasteiger partial charge in [-0.05, 0) is 43.5 Å². The molecule has 0 amide bonds. The van der Waals surface area contributed by atoms with Crippen LogP contribution < -0.4 is 5.32 Å². The second-order valence-corrected chi connectivity index (χ2v) is 6.88. The van der Waals surface area contributed by atoms with Crippen molar-refractivity contribution in [3.8, 4) is 0 Å². The zero-order valence-electron chi connectivity index (χ0n) is 9.74. The third-order valence-corrected chi connectivity index (χ3v) is 4.62. The molecule has 1 N–H and O–H groups in total. The monoisotopic (exact) mass is 273 g/mol. The van der Waals surface area contributed by atoms with Crippen LogP contribution >= 0.6 is 11.6 Å². The number of nitrogens with one attached hydrogen (secondary N) is 1. The van der Waals surface area contributed by atoms with Gasteiger partial charge in [-0.15, -0.1) is 0 Å². The van der Waals surface area contributed by atoms with Gasteiger partial charge in [-0.3, -0.25) is 0 Å². The molecule has 0 bridgehead atoms. The Bertz CT molecular complexity index is 507. The Hall–Kier alpha value is -0.580. The molecule has 1 atom stereocenters. The highest BCUT2D eigenvalue weighted by Gasteiger charge is 2.21. The summed E-state index contributed by atoms with van der Waals surface area (Å²) in [7, 11) is -3.21. The average Bonchev–Trinajstić information content (AvgIpc) is 2.72. The van der Waals surface area contributed by atoms with E-state index >= 15 is 0 Å². The Morgan fingerprint density at radius 2 is 2.24 bits per heavy atom. The van der Waals surface area contributed by atoms with E-state index < -0.39 is 9.84 Å². The van der Waals surface area contributed by atoms with Crippen molar-refractivity contribution in [2.75, 3.05) is 12.8 Å². The summed E-state index contributed by atoms with van der Waals surface area (Å²) >= 11 is 6.12. The summed E-state index contributed by atoms with van der Waals surface area (Å²) in [6.07, 6.45) is 4.13. The molecule has 2 rings (SSSR count). The quantitative estimate of drug-likeness (QED) is 0.917. The van der Waals surface area contributed by atoms with Gasteiger partial charge in [0.05, 0.1) is 4.90 Å². The van der Waals surface area contributed by atoms with Crippen LogP contribution in [0.2, 0.25) is 5.02 Å². The molecule has 1 aliphatic heterocycles. The highest BCUT2D eigenvalue weighted by atomic mass is 35.5. The van der Waals surface area contributed by atoms with E-state index in [1.165, 1.54) is 6.26 Å². The standard InChI is InChI=1S/C12H16ClNO2S/c1-17(15,16)12-6-2-5-11(13)10(12)8-9-4-3-7-14-9/h2,5-6,9,14H,3-4,7-8H2,1H3. The smallest absolute Gasteiger partial charge is 0.175 e. The largest absolute Gasteiger partial charge is 0.314 e. The molecule has 1 aliphatic rings. The van der Waals surface area contributed by atoms with Crippen LogP contribution in [0.15, 0.2) is 23.1 Å². The molecule has 3 nitrogen and oxygen atoms in total. The fourth-order valence-electron chi connectivity index (χ4n) is 2.26. The molecular weight excluding hydrogens is 258 g/mol. The predicted octanol–water partition coefficient (Wildman–Crippen LogP) is 2.04. The Morgan fingerprint density at radius 1 is 1.47 bits per heavy atom. The van der Waals surface area contributed by atoms with Crippen molar-refractivity contribution in [2.24, 2.45) is 0 Å². The highest BCUT2D eigenvalue weighted by Crippen LogP contribution is 2.26. The van der Waals surface area contributed by atoms with Crippen molar-refractivity contribution in [3.05, 3.63) is 28.8 Å². The van der Waals surface area contributed by atoms with E-state index in [1.54, 1.807) is 18.2 Å². The second kappa shape index (κ2) is 4.96. The van der Waals surface area contributed by atoms with Gasteiger partial charge in [0.15, 0.2) is 9.84 Å². The van der Waals surface area contributed by atoms with Gasteiger partial charge in [-0.1, -0.05) is 17.7 Å². The van der Waals surface area contributed by atoms with Gasteiger partial charge in [-0.2, -0.15) is 0 Å². The van der Waals surface area contributed by atoms with Gasteiger partial charge in [0, 0.05) is 17.3 Å². The van der Waals surface area contributed by atoms with Crippen LogP contribution in [0, 0.1) is 0 Å². The lowest BCUT2D eigenvalue weighted by atomic mass is 10.0. The SMILES string of the molecule is CS(=O)(=O)c1cccc(Cl)c1CC1CCCN1. The van der Waals surface area contributed by atoms with E-state index in [0.29, 0.717) is 22.4 Å². The topological polar surface area (TPSA) is 46.2 Å². The van der Waals surface area contributed by atoms with Crippen LogP contribution in [0.5, 0.6) is 0 Å². The van der Waals surface area contributed by atoms with E-state index in [2.05, 4.69) is 5.32 Å². The van der Waals surface area contributed by atoms with Crippen molar-refractivity contribution in [1.29, 1.82) is 0 Å². The predicted molar refractivity (Wildman–Crippen MR) is 69.3 cm³/mol. The summed E-state index contributed by atoms with van der Waals surface area (Å²) in [5, 5.41) is 3.90. The lowest BCUT2D eigenvalue weighted by Gasteiger charge is -2.14. The van der Waals surface area contributed by atoms with Crippen molar-refractivity contribution < 1.29 is 8.42 Å². The van der Waals surface area contributed by atoms with Crippen LogP contribution in [-0.2, 0) is 16.3 Å². The molecule has 0 aliphatic carbocycles. The fraction of sp³-hybridized carbons (Fsp3) is 0.500. The maximum absolute atomic E-state index is 11.7. The molecule has 1 aromatic rings. The Kier molecular flexibility index (Phi) is 3.76. The van der Waals surface area contributed by atoms with Gasteiger partial charge >= 0.3 is 0 Å². The Balaban J connectivity index is 2.37. The minimum absolute atomic E-state index is 0.343. The van der Waals surface area contributed by atoms with Crippen molar-refractivity contribution in [2.45, 2.75) is 30.2 Å². The van der Waals surface area contributed by atoms with Gasteiger partial charge in [-0.25, -0.2) is 8.42 Å². The normalized spacial score (nSPS) is 20.7. The maximum atomic E-state index is 11.7. The van der Waals surface area contributed by atoms with Crippen LogP contribution in [0.3, 0.4) is 0 Å². The van der Waals surface area contributed by atoms with E-state index in [4.69, 9.17) is 11.6 Å². The van der Waals surface area contributed by atoms with Gasteiger partial charge in [0.1, 0.15) is 0 Å². The Morgan fingerprint density at radius 3 is 2.82 bits per heavy atom. The summed E-state index contributed by atoms with van der Waals surface area (Å²) in [4.78, 5) is 0.360. The van der Waals surface area contributed by atoms with E-state index in [-0.39, 0.29) is 0 Å². The molecule has 5 heteroatoms. The van der Waals surface area contributed by atoms with Crippen LogP contribution in [0.25, 0.3) is 0 Å². The number of benzene rings is 1. The summed E-state index contributed by atoms with van der Waals surface area (Å²) in [6.45, 7) is 1.00. The first-order chi connectivity index (χ1) is 7.98. The molecule has 0 spiro atoms. The average molecular weight is 274 g/mol. The maximum Gasteiger partial charge on any atom is 0.175 e. The molecule has 1 fully saturated rings. The van der Waals surface area contributed by atoms with Crippen LogP contribution in [-0.4, -0.2) is 27.3 Å². The second-order valence-electron chi connectivity index (χ2n) is 4.49. The number of rotatable bonds is 3. The third kappa shape index (κ3) is 3.00. The third-order valence-electron chi connectivity index (χ3n) is 3.09. The first-order valence-electron chi connectivity index (χ1n) is 5.69. The molecule has 1 saturated heterocycles. The van der Waals surface area contributed by atoms with Crippen LogP contribution in [0.4, 0.5) is 0 Å². The van der Waals surface area contributed by atoms with E-state index in [1.807, 2.05) is 0 Å². The number of hydrogen-bond donors (Lipinski definition) is 1. The summed E-state index contributed by atoms with van der Waals surface area (Å²) < 4.78 is 23.4. The summed E-state index contributed by atoms with van der Waals surface area (Å²) in [5.41, 5.74) is 0.746. The highest BCUT2D eigenvalue weighted by molar-refractivity contribution is 7.90.